The Morgan fingerprint density at radius 3 is 3.16 bits per heavy atom. The second kappa shape index (κ2) is 4.87. The molecular formula is C13H16N5O. The number of nitrogens with zero attached hydrogens (tertiary/aromatic N) is 3. The summed E-state index contributed by atoms with van der Waals surface area (Å²) < 4.78 is 1.60. The molecule has 2 N–H and O–H groups in total. The van der Waals surface area contributed by atoms with Gasteiger partial charge in [0.25, 0.3) is 5.91 Å². The molecule has 2 aromatic heterocycles. The fraction of sp³-hybridized carbons (Fsp3) is 0.385. The van der Waals surface area contributed by atoms with Gasteiger partial charge in [-0.15, -0.1) is 0 Å². The van der Waals surface area contributed by atoms with Crippen LogP contribution in [0.1, 0.15) is 41.2 Å². The Hall–Kier alpha value is -2.11. The van der Waals surface area contributed by atoms with Crippen LogP contribution < -0.4 is 5.32 Å². The normalized spacial score (nSPS) is 15.8. The van der Waals surface area contributed by atoms with Crippen molar-refractivity contribution in [1.29, 1.82) is 0 Å². The minimum atomic E-state index is -0.191. The second-order valence-electron chi connectivity index (χ2n) is 4.86. The Morgan fingerprint density at radius 1 is 1.58 bits per heavy atom. The van der Waals surface area contributed by atoms with E-state index in [9.17, 15) is 4.79 Å². The fourth-order valence-corrected chi connectivity index (χ4v) is 2.38. The molecular weight excluding hydrogens is 242 g/mol. The molecule has 1 fully saturated rings. The monoisotopic (exact) mass is 258 g/mol. The van der Waals surface area contributed by atoms with E-state index in [1.165, 1.54) is 6.20 Å². The number of hydrogen-bond acceptors (Lipinski definition) is 3. The maximum atomic E-state index is 11.9. The van der Waals surface area contributed by atoms with Gasteiger partial charge in [0, 0.05) is 30.9 Å². The molecule has 1 radical (unpaired) electrons. The molecule has 3 rings (SSSR count). The molecule has 1 saturated carbocycles. The molecule has 2 heterocycles. The van der Waals surface area contributed by atoms with Crippen LogP contribution in [0, 0.1) is 6.42 Å². The van der Waals surface area contributed by atoms with Crippen LogP contribution in [0.4, 0.5) is 5.82 Å². The van der Waals surface area contributed by atoms with E-state index in [2.05, 4.69) is 27.0 Å². The maximum absolute atomic E-state index is 11.9. The van der Waals surface area contributed by atoms with E-state index >= 15 is 0 Å². The van der Waals surface area contributed by atoms with Crippen molar-refractivity contribution in [2.45, 2.75) is 25.2 Å². The third kappa shape index (κ3) is 2.52. The number of aromatic amines is 1. The molecule has 0 saturated heterocycles. The summed E-state index contributed by atoms with van der Waals surface area (Å²) in [4.78, 5) is 11.9. The van der Waals surface area contributed by atoms with E-state index in [1.807, 2.05) is 6.07 Å². The number of anilines is 1. The van der Waals surface area contributed by atoms with Gasteiger partial charge < -0.3 is 5.32 Å². The first-order valence-corrected chi connectivity index (χ1v) is 6.39. The van der Waals surface area contributed by atoms with Crippen LogP contribution in [0.2, 0.25) is 0 Å². The number of H-pyrrole nitrogens is 1. The molecule has 1 aliphatic carbocycles. The van der Waals surface area contributed by atoms with E-state index in [0.29, 0.717) is 17.3 Å². The summed E-state index contributed by atoms with van der Waals surface area (Å²) in [6, 6.07) is 1.91. The Labute approximate surface area is 111 Å². The zero-order chi connectivity index (χ0) is 13.2. The van der Waals surface area contributed by atoms with Crippen LogP contribution in [0.15, 0.2) is 18.5 Å². The van der Waals surface area contributed by atoms with Crippen molar-refractivity contribution in [2.75, 3.05) is 5.32 Å². The predicted molar refractivity (Wildman–Crippen MR) is 70.6 cm³/mol. The van der Waals surface area contributed by atoms with Crippen LogP contribution >= 0.6 is 0 Å². The fourth-order valence-electron chi connectivity index (χ4n) is 2.38. The van der Waals surface area contributed by atoms with Crippen LogP contribution in [0.5, 0.6) is 0 Å². The smallest absolute Gasteiger partial charge is 0.260 e. The van der Waals surface area contributed by atoms with E-state index in [0.717, 1.165) is 25.0 Å². The Kier molecular flexibility index (Phi) is 3.06. The minimum absolute atomic E-state index is 0.191. The highest BCUT2D eigenvalue weighted by Gasteiger charge is 2.20. The van der Waals surface area contributed by atoms with E-state index in [1.54, 1.807) is 17.9 Å². The standard InChI is InChI=1S/C13H16N5O/c1-18-8-10(7-14-18)13(19)15-12-6-11(16-17-12)9-4-2-3-5-9/h2,6-9H,3-5H2,1H3,(H2,15,16,17,19)/t9-/m0/s1. The first-order chi connectivity index (χ1) is 9.22. The topological polar surface area (TPSA) is 75.6 Å². The molecule has 1 atom stereocenters. The number of aryl methyl sites for hydroxylation is 1. The first kappa shape index (κ1) is 12.0. The lowest BCUT2D eigenvalue weighted by Crippen LogP contribution is -2.11. The van der Waals surface area contributed by atoms with Gasteiger partial charge in [0.05, 0.1) is 11.8 Å². The van der Waals surface area contributed by atoms with Crippen LogP contribution in [-0.2, 0) is 7.05 Å². The average molecular weight is 258 g/mol. The number of carbonyl (C=O) groups excluding carboxylic acids is 1. The quantitative estimate of drug-likeness (QED) is 0.882. The summed E-state index contributed by atoms with van der Waals surface area (Å²) in [7, 11) is 1.78. The Balaban J connectivity index is 1.68. The summed E-state index contributed by atoms with van der Waals surface area (Å²) in [6.45, 7) is 0. The first-order valence-electron chi connectivity index (χ1n) is 6.39. The largest absolute Gasteiger partial charge is 0.305 e. The predicted octanol–water partition coefficient (Wildman–Crippen LogP) is 1.87. The van der Waals surface area contributed by atoms with Gasteiger partial charge in [-0.3, -0.25) is 14.6 Å². The second-order valence-corrected chi connectivity index (χ2v) is 4.86. The van der Waals surface area contributed by atoms with E-state index in [4.69, 9.17) is 0 Å². The van der Waals surface area contributed by atoms with Crippen LogP contribution in [0.3, 0.4) is 0 Å². The lowest BCUT2D eigenvalue weighted by molar-refractivity contribution is 0.102. The lowest BCUT2D eigenvalue weighted by Gasteiger charge is -2.03. The van der Waals surface area contributed by atoms with Crippen molar-refractivity contribution in [2.24, 2.45) is 7.05 Å². The molecule has 1 aliphatic rings. The molecule has 6 nitrogen and oxygen atoms in total. The molecule has 0 unspecified atom stereocenters. The van der Waals surface area contributed by atoms with Crippen molar-refractivity contribution < 1.29 is 4.79 Å². The van der Waals surface area contributed by atoms with Crippen molar-refractivity contribution in [3.63, 3.8) is 0 Å². The number of carbonyl (C=O) groups is 1. The van der Waals surface area contributed by atoms with E-state index in [-0.39, 0.29) is 5.91 Å². The van der Waals surface area contributed by atoms with Crippen LogP contribution in [-0.4, -0.2) is 25.9 Å². The van der Waals surface area contributed by atoms with Gasteiger partial charge in [-0.05, 0) is 25.7 Å². The molecule has 6 heteroatoms. The van der Waals surface area contributed by atoms with Crippen LogP contribution in [0.25, 0.3) is 0 Å². The van der Waals surface area contributed by atoms with Gasteiger partial charge in [0.15, 0.2) is 5.82 Å². The summed E-state index contributed by atoms with van der Waals surface area (Å²) in [5.41, 5.74) is 1.62. The zero-order valence-corrected chi connectivity index (χ0v) is 10.8. The maximum Gasteiger partial charge on any atom is 0.260 e. The number of nitrogens with one attached hydrogen (secondary N) is 2. The number of amides is 1. The minimum Gasteiger partial charge on any atom is -0.305 e. The molecule has 0 spiro atoms. The summed E-state index contributed by atoms with van der Waals surface area (Å²) in [6.07, 6.45) is 8.89. The highest BCUT2D eigenvalue weighted by atomic mass is 16.1. The van der Waals surface area contributed by atoms with Gasteiger partial charge in [-0.1, -0.05) is 0 Å². The molecule has 19 heavy (non-hydrogen) atoms. The molecule has 1 amide bonds. The third-order valence-corrected chi connectivity index (χ3v) is 3.42. The number of hydrogen-bond donors (Lipinski definition) is 2. The summed E-state index contributed by atoms with van der Waals surface area (Å²) >= 11 is 0. The molecule has 99 valence electrons. The van der Waals surface area contributed by atoms with Crippen molar-refractivity contribution in [3.05, 3.63) is 36.1 Å². The highest BCUT2D eigenvalue weighted by molar-refractivity contribution is 6.03. The van der Waals surface area contributed by atoms with Crippen molar-refractivity contribution in [3.8, 4) is 0 Å². The third-order valence-electron chi connectivity index (χ3n) is 3.42. The van der Waals surface area contributed by atoms with E-state index < -0.39 is 0 Å². The van der Waals surface area contributed by atoms with Crippen molar-refractivity contribution in [1.82, 2.24) is 20.0 Å². The van der Waals surface area contributed by atoms with Gasteiger partial charge in [0.2, 0.25) is 0 Å². The Bertz CT molecular complexity index is 579. The Morgan fingerprint density at radius 2 is 2.47 bits per heavy atom. The summed E-state index contributed by atoms with van der Waals surface area (Å²) in [5, 5.41) is 13.9. The number of aromatic nitrogens is 4. The van der Waals surface area contributed by atoms with Gasteiger partial charge in [0.1, 0.15) is 0 Å². The van der Waals surface area contributed by atoms with Crippen molar-refractivity contribution >= 4 is 11.7 Å². The SMILES string of the molecule is Cn1cc(C(=O)Nc2cc([C@H]3C[CH]CC3)[nH]n2)cn1. The molecule has 2 aromatic rings. The lowest BCUT2D eigenvalue weighted by atomic mass is 10.0. The average Bonchev–Trinajstić information content (AvgIpc) is 3.07. The molecule has 0 bridgehead atoms. The molecule has 0 aliphatic heterocycles. The van der Waals surface area contributed by atoms with Gasteiger partial charge in [-0.2, -0.15) is 10.2 Å². The van der Waals surface area contributed by atoms with Gasteiger partial charge >= 0.3 is 0 Å². The zero-order valence-electron chi connectivity index (χ0n) is 10.8. The highest BCUT2D eigenvalue weighted by Crippen LogP contribution is 2.33. The van der Waals surface area contributed by atoms with Gasteiger partial charge in [-0.25, -0.2) is 0 Å². The number of rotatable bonds is 3. The summed E-state index contributed by atoms with van der Waals surface area (Å²) in [5.74, 6) is 0.886. The molecule has 0 aromatic carbocycles.